The Bertz CT molecular complexity index is 942. The maximum atomic E-state index is 12.5. The summed E-state index contributed by atoms with van der Waals surface area (Å²) in [6, 6.07) is 6.99. The van der Waals surface area contributed by atoms with Gasteiger partial charge < -0.3 is 14.6 Å². The minimum atomic E-state index is -1.11. The van der Waals surface area contributed by atoms with Crippen LogP contribution in [0, 0.1) is 0 Å². The average molecular weight is 302 g/mol. The van der Waals surface area contributed by atoms with Crippen LogP contribution < -0.4 is 5.43 Å². The molecule has 3 aromatic rings. The minimum Gasteiger partial charge on any atom is -0.508 e. The first-order valence-electron chi connectivity index (χ1n) is 6.02. The van der Waals surface area contributed by atoms with E-state index >= 15 is 0 Å². The number of carboxylic acid groups (broad SMARTS) is 1. The number of hydrogen-bond donors (Lipinski definition) is 2. The minimum absolute atomic E-state index is 0.0133. The SMILES string of the molecule is CSc1cc(O)cc2c(=O)c3cc(C(=O)O)ccc3oc12. The summed E-state index contributed by atoms with van der Waals surface area (Å²) in [7, 11) is 0. The Morgan fingerprint density at radius 1 is 1.19 bits per heavy atom. The maximum Gasteiger partial charge on any atom is 0.335 e. The fourth-order valence-electron chi connectivity index (χ4n) is 2.20. The summed E-state index contributed by atoms with van der Waals surface area (Å²) < 4.78 is 5.71. The molecule has 0 unspecified atom stereocenters. The van der Waals surface area contributed by atoms with E-state index in [4.69, 9.17) is 9.52 Å². The van der Waals surface area contributed by atoms with Gasteiger partial charge in [-0.1, -0.05) is 0 Å². The van der Waals surface area contributed by atoms with E-state index in [0.717, 1.165) is 0 Å². The number of carbonyl (C=O) groups is 1. The molecule has 0 saturated carbocycles. The molecule has 5 nitrogen and oxygen atoms in total. The van der Waals surface area contributed by atoms with E-state index < -0.39 is 5.97 Å². The van der Waals surface area contributed by atoms with Crippen LogP contribution in [0.2, 0.25) is 0 Å². The lowest BCUT2D eigenvalue weighted by molar-refractivity contribution is 0.0697. The van der Waals surface area contributed by atoms with Crippen molar-refractivity contribution in [1.82, 2.24) is 0 Å². The zero-order valence-corrected chi connectivity index (χ0v) is 11.7. The molecule has 0 aliphatic rings. The summed E-state index contributed by atoms with van der Waals surface area (Å²) >= 11 is 1.35. The molecular weight excluding hydrogens is 292 g/mol. The Morgan fingerprint density at radius 3 is 2.62 bits per heavy atom. The molecule has 0 spiro atoms. The van der Waals surface area contributed by atoms with Gasteiger partial charge >= 0.3 is 5.97 Å². The normalized spacial score (nSPS) is 11.1. The summed E-state index contributed by atoms with van der Waals surface area (Å²) in [5.41, 5.74) is 0.360. The molecule has 0 atom stereocenters. The Morgan fingerprint density at radius 2 is 1.95 bits per heavy atom. The molecule has 1 heterocycles. The highest BCUT2D eigenvalue weighted by Gasteiger charge is 2.14. The topological polar surface area (TPSA) is 87.7 Å². The lowest BCUT2D eigenvalue weighted by Crippen LogP contribution is -2.05. The molecular formula is C15H10O5S. The van der Waals surface area contributed by atoms with E-state index in [1.165, 1.54) is 42.1 Å². The molecule has 21 heavy (non-hydrogen) atoms. The van der Waals surface area contributed by atoms with E-state index in [-0.39, 0.29) is 27.5 Å². The smallest absolute Gasteiger partial charge is 0.335 e. The van der Waals surface area contributed by atoms with Crippen LogP contribution in [0.25, 0.3) is 21.9 Å². The van der Waals surface area contributed by atoms with E-state index in [0.29, 0.717) is 16.1 Å². The molecule has 2 N–H and O–H groups in total. The molecule has 0 saturated heterocycles. The molecule has 106 valence electrons. The monoisotopic (exact) mass is 302 g/mol. The van der Waals surface area contributed by atoms with Crippen molar-refractivity contribution in [3.63, 3.8) is 0 Å². The number of hydrogen-bond acceptors (Lipinski definition) is 5. The van der Waals surface area contributed by atoms with Crippen LogP contribution in [-0.2, 0) is 0 Å². The number of fused-ring (bicyclic) bond motifs is 2. The van der Waals surface area contributed by atoms with Gasteiger partial charge in [0.2, 0.25) is 5.43 Å². The molecule has 0 aliphatic heterocycles. The number of carboxylic acids is 1. The fraction of sp³-hybridized carbons (Fsp3) is 0.0667. The Hall–Kier alpha value is -2.47. The standard InChI is InChI=1S/C15H10O5S/c1-21-12-6-8(16)5-10-13(17)9-4-7(15(18)19)2-3-11(9)20-14(10)12/h2-6,16H,1H3,(H,18,19). The summed E-state index contributed by atoms with van der Waals surface area (Å²) in [6.45, 7) is 0. The Labute approximate surface area is 122 Å². The Kier molecular flexibility index (Phi) is 3.10. The zero-order valence-electron chi connectivity index (χ0n) is 10.9. The predicted molar refractivity (Wildman–Crippen MR) is 80.4 cm³/mol. The highest BCUT2D eigenvalue weighted by molar-refractivity contribution is 7.98. The van der Waals surface area contributed by atoms with Crippen LogP contribution >= 0.6 is 11.8 Å². The van der Waals surface area contributed by atoms with Crippen molar-refractivity contribution >= 4 is 39.7 Å². The van der Waals surface area contributed by atoms with Crippen molar-refractivity contribution in [2.24, 2.45) is 0 Å². The van der Waals surface area contributed by atoms with Crippen LogP contribution in [0.1, 0.15) is 10.4 Å². The highest BCUT2D eigenvalue weighted by atomic mass is 32.2. The van der Waals surface area contributed by atoms with Gasteiger partial charge in [-0.15, -0.1) is 11.8 Å². The third-order valence-corrected chi connectivity index (χ3v) is 3.93. The van der Waals surface area contributed by atoms with Gasteiger partial charge in [0.1, 0.15) is 11.3 Å². The molecule has 0 radical (unpaired) electrons. The third-order valence-electron chi connectivity index (χ3n) is 3.19. The van der Waals surface area contributed by atoms with Crippen molar-refractivity contribution in [1.29, 1.82) is 0 Å². The van der Waals surface area contributed by atoms with Crippen molar-refractivity contribution in [3.8, 4) is 5.75 Å². The highest BCUT2D eigenvalue weighted by Crippen LogP contribution is 2.31. The van der Waals surface area contributed by atoms with E-state index in [1.807, 2.05) is 6.26 Å². The van der Waals surface area contributed by atoms with Crippen LogP contribution in [0.15, 0.2) is 44.4 Å². The van der Waals surface area contributed by atoms with Crippen molar-refractivity contribution < 1.29 is 19.4 Å². The first kappa shape index (κ1) is 13.5. The quantitative estimate of drug-likeness (QED) is 0.559. The second-order valence-electron chi connectivity index (χ2n) is 4.47. The summed E-state index contributed by atoms with van der Waals surface area (Å²) in [5, 5.41) is 19.1. The number of aromatic hydroxyl groups is 1. The molecule has 0 fully saturated rings. The van der Waals surface area contributed by atoms with Gasteiger partial charge in [0.25, 0.3) is 0 Å². The van der Waals surface area contributed by atoms with Crippen molar-refractivity contribution in [2.75, 3.05) is 6.26 Å². The van der Waals surface area contributed by atoms with Gasteiger partial charge in [0.15, 0.2) is 5.58 Å². The number of phenolic OH excluding ortho intramolecular Hbond substituents is 1. The molecule has 0 aliphatic carbocycles. The number of thioether (sulfide) groups is 1. The number of aromatic carboxylic acids is 1. The molecule has 6 heteroatoms. The molecule has 0 bridgehead atoms. The number of rotatable bonds is 2. The van der Waals surface area contributed by atoms with Crippen LogP contribution in [0.5, 0.6) is 5.75 Å². The van der Waals surface area contributed by atoms with Crippen LogP contribution in [0.4, 0.5) is 0 Å². The Balaban J connectivity index is 2.49. The first-order chi connectivity index (χ1) is 10.0. The van der Waals surface area contributed by atoms with Crippen LogP contribution in [0.3, 0.4) is 0 Å². The molecule has 1 aromatic heterocycles. The van der Waals surface area contributed by atoms with Gasteiger partial charge in [-0.2, -0.15) is 0 Å². The first-order valence-corrected chi connectivity index (χ1v) is 7.24. The summed E-state index contributed by atoms with van der Waals surface area (Å²) in [4.78, 5) is 24.2. The third kappa shape index (κ3) is 2.13. The van der Waals surface area contributed by atoms with E-state index in [2.05, 4.69) is 0 Å². The lowest BCUT2D eigenvalue weighted by Gasteiger charge is -2.06. The molecule has 3 rings (SSSR count). The average Bonchev–Trinajstić information content (AvgIpc) is 2.47. The van der Waals surface area contributed by atoms with E-state index in [9.17, 15) is 14.7 Å². The van der Waals surface area contributed by atoms with Gasteiger partial charge in [-0.05, 0) is 36.6 Å². The zero-order chi connectivity index (χ0) is 15.1. The lowest BCUT2D eigenvalue weighted by atomic mass is 10.1. The van der Waals surface area contributed by atoms with Gasteiger partial charge in [-0.25, -0.2) is 4.79 Å². The second kappa shape index (κ2) is 4.82. The maximum absolute atomic E-state index is 12.5. The van der Waals surface area contributed by atoms with Crippen LogP contribution in [-0.4, -0.2) is 22.4 Å². The summed E-state index contributed by atoms with van der Waals surface area (Å²) in [6.07, 6.45) is 1.81. The predicted octanol–water partition coefficient (Wildman–Crippen LogP) is 3.07. The van der Waals surface area contributed by atoms with Crippen molar-refractivity contribution in [3.05, 3.63) is 46.1 Å². The number of benzene rings is 2. The van der Waals surface area contributed by atoms with Gasteiger partial charge in [0.05, 0.1) is 21.2 Å². The van der Waals surface area contributed by atoms with Gasteiger partial charge in [-0.3, -0.25) is 4.79 Å². The number of phenols is 1. The van der Waals surface area contributed by atoms with Crippen molar-refractivity contribution in [2.45, 2.75) is 4.90 Å². The largest absolute Gasteiger partial charge is 0.508 e. The fourth-order valence-corrected chi connectivity index (χ4v) is 2.77. The van der Waals surface area contributed by atoms with Gasteiger partial charge in [0, 0.05) is 0 Å². The second-order valence-corrected chi connectivity index (χ2v) is 5.32. The van der Waals surface area contributed by atoms with E-state index in [1.54, 1.807) is 0 Å². The molecule has 0 amide bonds. The molecule has 2 aromatic carbocycles. The summed E-state index contributed by atoms with van der Waals surface area (Å²) in [5.74, 6) is -1.15.